The van der Waals surface area contributed by atoms with E-state index in [9.17, 15) is 29.6 Å². The molecule has 0 saturated heterocycles. The highest BCUT2D eigenvalue weighted by Gasteiger charge is 2.21. The number of alkyl carbamates (subject to hydrolysis) is 1. The van der Waals surface area contributed by atoms with Crippen molar-refractivity contribution in [3.05, 3.63) is 70.3 Å². The first-order valence-electron chi connectivity index (χ1n) is 8.70. The molecule has 1 atom stereocenters. The molecule has 0 bridgehead atoms. The smallest absolute Gasteiger partial charge is 0.408 e. The van der Waals surface area contributed by atoms with Crippen molar-refractivity contribution in [3.8, 4) is 5.75 Å². The summed E-state index contributed by atoms with van der Waals surface area (Å²) in [5.41, 5.74) is 0.575. The summed E-state index contributed by atoms with van der Waals surface area (Å²) in [5, 5.41) is 24.3. The number of benzene rings is 2. The summed E-state index contributed by atoms with van der Waals surface area (Å²) in [5.74, 6) is -1.61. The molecule has 30 heavy (non-hydrogen) atoms. The number of carbonyl (C=O) groups is 3. The standard InChI is InChI=1S/C19H19N3O8/c23-11-16(21-19(26)29-12-13-4-2-1-3-5-13)18(25)20-10-17(24)30-15-8-6-14(7-9-15)22(27)28/h1-9,16,23H,10-12H2,(H,20,25)(H,21,26)/t16-/m0/s1. The molecular formula is C19H19N3O8. The lowest BCUT2D eigenvalue weighted by molar-refractivity contribution is -0.384. The highest BCUT2D eigenvalue weighted by atomic mass is 16.6. The summed E-state index contributed by atoms with van der Waals surface area (Å²) < 4.78 is 9.89. The fourth-order valence-corrected chi connectivity index (χ4v) is 2.19. The zero-order chi connectivity index (χ0) is 21.9. The van der Waals surface area contributed by atoms with Gasteiger partial charge < -0.3 is 25.2 Å². The molecule has 2 aromatic rings. The Bertz CT molecular complexity index is 886. The third-order valence-electron chi connectivity index (χ3n) is 3.69. The molecule has 11 nitrogen and oxygen atoms in total. The predicted octanol–water partition coefficient (Wildman–Crippen LogP) is 0.904. The molecule has 2 aromatic carbocycles. The van der Waals surface area contributed by atoms with Crippen molar-refractivity contribution in [2.75, 3.05) is 13.2 Å². The molecular weight excluding hydrogens is 398 g/mol. The SMILES string of the molecule is O=C(CNC(=O)[C@H](CO)NC(=O)OCc1ccccc1)Oc1ccc([N+](=O)[O-])cc1. The zero-order valence-corrected chi connectivity index (χ0v) is 15.6. The molecule has 0 aliphatic rings. The molecule has 2 rings (SSSR count). The molecule has 0 aromatic heterocycles. The minimum absolute atomic E-state index is 0.0198. The zero-order valence-electron chi connectivity index (χ0n) is 15.6. The third kappa shape index (κ3) is 7.20. The van der Waals surface area contributed by atoms with Crippen molar-refractivity contribution in [2.24, 2.45) is 0 Å². The van der Waals surface area contributed by atoms with Crippen LogP contribution in [0.4, 0.5) is 10.5 Å². The lowest BCUT2D eigenvalue weighted by Crippen LogP contribution is -2.50. The van der Waals surface area contributed by atoms with Gasteiger partial charge in [-0.05, 0) is 17.7 Å². The van der Waals surface area contributed by atoms with Crippen molar-refractivity contribution in [1.29, 1.82) is 0 Å². The van der Waals surface area contributed by atoms with Crippen LogP contribution in [0, 0.1) is 10.1 Å². The van der Waals surface area contributed by atoms with E-state index < -0.39 is 42.1 Å². The Hall–Kier alpha value is -3.99. The van der Waals surface area contributed by atoms with Crippen molar-refractivity contribution in [1.82, 2.24) is 10.6 Å². The Labute approximate surface area is 170 Å². The van der Waals surface area contributed by atoms with Crippen LogP contribution in [-0.4, -0.2) is 47.2 Å². The first-order chi connectivity index (χ1) is 14.4. The second-order valence-corrected chi connectivity index (χ2v) is 5.88. The van der Waals surface area contributed by atoms with Gasteiger partial charge in [-0.15, -0.1) is 0 Å². The minimum atomic E-state index is -1.33. The quantitative estimate of drug-likeness (QED) is 0.235. The summed E-state index contributed by atoms with van der Waals surface area (Å²) in [7, 11) is 0. The monoisotopic (exact) mass is 417 g/mol. The fourth-order valence-electron chi connectivity index (χ4n) is 2.19. The number of nitrogens with zero attached hydrogens (tertiary/aromatic N) is 1. The molecule has 0 fully saturated rings. The molecule has 0 aliphatic carbocycles. The number of nitro benzene ring substituents is 1. The first-order valence-corrected chi connectivity index (χ1v) is 8.70. The van der Waals surface area contributed by atoms with Crippen LogP contribution in [0.15, 0.2) is 54.6 Å². The largest absolute Gasteiger partial charge is 0.445 e. The number of aliphatic hydroxyl groups is 1. The van der Waals surface area contributed by atoms with Crippen LogP contribution in [-0.2, 0) is 20.9 Å². The topological polar surface area (TPSA) is 157 Å². The van der Waals surface area contributed by atoms with Crippen LogP contribution in [0.3, 0.4) is 0 Å². The number of non-ortho nitro benzene ring substituents is 1. The number of hydrogen-bond donors (Lipinski definition) is 3. The number of esters is 1. The number of carbonyl (C=O) groups excluding carboxylic acids is 3. The van der Waals surface area contributed by atoms with E-state index in [-0.39, 0.29) is 18.0 Å². The summed E-state index contributed by atoms with van der Waals surface area (Å²) in [6, 6.07) is 12.3. The molecule has 0 spiro atoms. The number of aliphatic hydroxyl groups excluding tert-OH is 1. The van der Waals surface area contributed by atoms with Crippen LogP contribution >= 0.6 is 0 Å². The van der Waals surface area contributed by atoms with E-state index in [4.69, 9.17) is 9.47 Å². The number of nitro groups is 1. The fraction of sp³-hybridized carbons (Fsp3) is 0.211. The average molecular weight is 417 g/mol. The molecule has 3 N–H and O–H groups in total. The molecule has 2 amide bonds. The lowest BCUT2D eigenvalue weighted by atomic mass is 10.2. The van der Waals surface area contributed by atoms with E-state index in [1.807, 2.05) is 6.07 Å². The van der Waals surface area contributed by atoms with Gasteiger partial charge in [-0.3, -0.25) is 14.9 Å². The first kappa shape index (κ1) is 22.3. The minimum Gasteiger partial charge on any atom is -0.445 e. The Kier molecular flexibility index (Phi) is 8.27. The molecule has 0 radical (unpaired) electrons. The van der Waals surface area contributed by atoms with Crippen molar-refractivity contribution < 1.29 is 33.9 Å². The Morgan fingerprint density at radius 3 is 2.33 bits per heavy atom. The van der Waals surface area contributed by atoms with E-state index in [0.29, 0.717) is 0 Å². The Morgan fingerprint density at radius 1 is 1.07 bits per heavy atom. The highest BCUT2D eigenvalue weighted by molar-refractivity contribution is 5.88. The van der Waals surface area contributed by atoms with Crippen LogP contribution in [0.5, 0.6) is 5.75 Å². The lowest BCUT2D eigenvalue weighted by Gasteiger charge is -2.16. The average Bonchev–Trinajstić information content (AvgIpc) is 2.75. The number of rotatable bonds is 9. The van der Waals surface area contributed by atoms with Crippen LogP contribution in [0.1, 0.15) is 5.56 Å². The summed E-state index contributed by atoms with van der Waals surface area (Å²) in [4.78, 5) is 45.6. The maximum Gasteiger partial charge on any atom is 0.408 e. The summed E-state index contributed by atoms with van der Waals surface area (Å²) in [6.45, 7) is -1.29. The molecule has 158 valence electrons. The van der Waals surface area contributed by atoms with Gasteiger partial charge in [0.2, 0.25) is 5.91 Å². The van der Waals surface area contributed by atoms with Gasteiger partial charge in [-0.1, -0.05) is 30.3 Å². The van der Waals surface area contributed by atoms with Gasteiger partial charge in [-0.25, -0.2) is 9.59 Å². The number of amides is 2. The van der Waals surface area contributed by atoms with E-state index >= 15 is 0 Å². The van der Waals surface area contributed by atoms with Gasteiger partial charge in [-0.2, -0.15) is 0 Å². The molecule has 0 heterocycles. The van der Waals surface area contributed by atoms with Gasteiger partial charge in [0, 0.05) is 12.1 Å². The van der Waals surface area contributed by atoms with Crippen LogP contribution in [0.25, 0.3) is 0 Å². The third-order valence-corrected chi connectivity index (χ3v) is 3.69. The normalized spacial score (nSPS) is 11.1. The van der Waals surface area contributed by atoms with Crippen LogP contribution < -0.4 is 15.4 Å². The van der Waals surface area contributed by atoms with Gasteiger partial charge in [0.25, 0.3) is 5.69 Å². The molecule has 0 aliphatic heterocycles. The summed E-state index contributed by atoms with van der Waals surface area (Å²) >= 11 is 0. The molecule has 0 saturated carbocycles. The maximum absolute atomic E-state index is 12.0. The second kappa shape index (κ2) is 11.1. The second-order valence-electron chi connectivity index (χ2n) is 5.88. The van der Waals surface area contributed by atoms with E-state index in [0.717, 1.165) is 17.7 Å². The van der Waals surface area contributed by atoms with E-state index in [1.54, 1.807) is 24.3 Å². The summed E-state index contributed by atoms with van der Waals surface area (Å²) in [6.07, 6.45) is -0.915. The predicted molar refractivity (Wildman–Crippen MR) is 102 cm³/mol. The van der Waals surface area contributed by atoms with E-state index in [1.165, 1.54) is 12.1 Å². The Morgan fingerprint density at radius 2 is 1.73 bits per heavy atom. The van der Waals surface area contributed by atoms with Crippen molar-refractivity contribution in [2.45, 2.75) is 12.6 Å². The number of hydrogen-bond acceptors (Lipinski definition) is 8. The van der Waals surface area contributed by atoms with Gasteiger partial charge in [0.1, 0.15) is 24.9 Å². The number of ether oxygens (including phenoxy) is 2. The van der Waals surface area contributed by atoms with Gasteiger partial charge >= 0.3 is 12.1 Å². The molecule has 11 heteroatoms. The van der Waals surface area contributed by atoms with Gasteiger partial charge in [0.05, 0.1) is 11.5 Å². The highest BCUT2D eigenvalue weighted by Crippen LogP contribution is 2.17. The van der Waals surface area contributed by atoms with Crippen molar-refractivity contribution >= 4 is 23.7 Å². The van der Waals surface area contributed by atoms with Crippen LogP contribution in [0.2, 0.25) is 0 Å². The maximum atomic E-state index is 12.0. The number of nitrogens with one attached hydrogen (secondary N) is 2. The Balaban J connectivity index is 1.76. The van der Waals surface area contributed by atoms with E-state index in [2.05, 4.69) is 10.6 Å². The molecule has 0 unspecified atom stereocenters. The van der Waals surface area contributed by atoms with Gasteiger partial charge in [0.15, 0.2) is 0 Å². The van der Waals surface area contributed by atoms with Crippen molar-refractivity contribution in [3.63, 3.8) is 0 Å².